The SMILES string of the molecule is CCOc1ccc(NC(=S)Nc2ccc(/C(C)=N/NC(=O)c3ccncc3)cc2)cc1. The van der Waals surface area contributed by atoms with E-state index in [0.717, 1.165) is 22.7 Å². The van der Waals surface area contributed by atoms with Crippen LogP contribution in [-0.4, -0.2) is 28.3 Å². The lowest BCUT2D eigenvalue weighted by atomic mass is 10.1. The Morgan fingerprint density at radius 1 is 0.935 bits per heavy atom. The van der Waals surface area contributed by atoms with E-state index < -0.39 is 0 Å². The molecule has 31 heavy (non-hydrogen) atoms. The highest BCUT2D eigenvalue weighted by atomic mass is 32.1. The van der Waals surface area contributed by atoms with Crippen molar-refractivity contribution in [2.24, 2.45) is 5.10 Å². The predicted molar refractivity (Wildman–Crippen MR) is 128 cm³/mol. The maximum atomic E-state index is 12.1. The van der Waals surface area contributed by atoms with Gasteiger partial charge in [0.1, 0.15) is 5.75 Å². The number of pyridine rings is 1. The molecule has 0 bridgehead atoms. The Bertz CT molecular complexity index is 1050. The molecule has 0 saturated heterocycles. The molecule has 0 radical (unpaired) electrons. The summed E-state index contributed by atoms with van der Waals surface area (Å²) < 4.78 is 5.43. The monoisotopic (exact) mass is 433 g/mol. The lowest BCUT2D eigenvalue weighted by molar-refractivity contribution is 0.0954. The zero-order valence-electron chi connectivity index (χ0n) is 17.3. The number of hydrazone groups is 1. The molecule has 0 atom stereocenters. The number of rotatable bonds is 7. The number of hydrogen-bond acceptors (Lipinski definition) is 5. The molecule has 3 rings (SSSR count). The highest BCUT2D eigenvalue weighted by Gasteiger charge is 2.05. The number of aromatic nitrogens is 1. The summed E-state index contributed by atoms with van der Waals surface area (Å²) in [4.78, 5) is 16.0. The minimum absolute atomic E-state index is 0.286. The molecule has 1 amide bonds. The van der Waals surface area contributed by atoms with E-state index in [1.54, 1.807) is 24.5 Å². The summed E-state index contributed by atoms with van der Waals surface area (Å²) >= 11 is 5.37. The van der Waals surface area contributed by atoms with Gasteiger partial charge in [0.05, 0.1) is 12.3 Å². The van der Waals surface area contributed by atoms with Crippen molar-refractivity contribution in [2.45, 2.75) is 13.8 Å². The summed E-state index contributed by atoms with van der Waals surface area (Å²) in [6, 6.07) is 18.4. The van der Waals surface area contributed by atoms with Crippen LogP contribution in [-0.2, 0) is 0 Å². The number of hydrogen-bond donors (Lipinski definition) is 3. The summed E-state index contributed by atoms with van der Waals surface area (Å²) in [7, 11) is 0. The van der Waals surface area contributed by atoms with Crippen molar-refractivity contribution >= 4 is 40.3 Å². The second kappa shape index (κ2) is 10.8. The van der Waals surface area contributed by atoms with Crippen LogP contribution in [0.4, 0.5) is 11.4 Å². The molecule has 0 fully saturated rings. The molecule has 1 aromatic heterocycles. The van der Waals surface area contributed by atoms with E-state index >= 15 is 0 Å². The Kier molecular flexibility index (Phi) is 7.67. The third-order valence-electron chi connectivity index (χ3n) is 4.25. The second-order valence-corrected chi connectivity index (χ2v) is 6.90. The molecule has 0 aliphatic heterocycles. The number of anilines is 2. The van der Waals surface area contributed by atoms with Gasteiger partial charge in [-0.2, -0.15) is 5.10 Å². The van der Waals surface area contributed by atoms with E-state index in [0.29, 0.717) is 23.0 Å². The molecule has 0 aliphatic carbocycles. The first kappa shape index (κ1) is 21.9. The molecule has 3 N–H and O–H groups in total. The van der Waals surface area contributed by atoms with Crippen LogP contribution in [0.2, 0.25) is 0 Å². The Morgan fingerprint density at radius 2 is 1.52 bits per heavy atom. The molecule has 0 aliphatic rings. The van der Waals surface area contributed by atoms with Gasteiger partial charge in [-0.15, -0.1) is 0 Å². The number of carbonyl (C=O) groups excluding carboxylic acids is 1. The van der Waals surface area contributed by atoms with Gasteiger partial charge in [0.25, 0.3) is 5.91 Å². The van der Waals surface area contributed by atoms with Crippen molar-refractivity contribution in [2.75, 3.05) is 17.2 Å². The van der Waals surface area contributed by atoms with Crippen molar-refractivity contribution < 1.29 is 9.53 Å². The zero-order chi connectivity index (χ0) is 22.1. The number of amides is 1. The van der Waals surface area contributed by atoms with Crippen LogP contribution in [0, 0.1) is 0 Å². The Morgan fingerprint density at radius 3 is 2.10 bits per heavy atom. The van der Waals surface area contributed by atoms with Crippen molar-refractivity contribution in [1.29, 1.82) is 0 Å². The van der Waals surface area contributed by atoms with Gasteiger partial charge in [0.2, 0.25) is 0 Å². The molecular weight excluding hydrogens is 410 g/mol. The van der Waals surface area contributed by atoms with Crippen molar-refractivity contribution in [3.8, 4) is 5.75 Å². The summed E-state index contributed by atoms with van der Waals surface area (Å²) in [5.41, 5.74) is 6.31. The Hall–Kier alpha value is -3.78. The van der Waals surface area contributed by atoms with Crippen LogP contribution < -0.4 is 20.8 Å². The molecule has 0 saturated carbocycles. The Balaban J connectivity index is 1.54. The molecule has 8 heteroatoms. The summed E-state index contributed by atoms with van der Waals surface area (Å²) in [5, 5.41) is 10.9. The first-order valence-corrected chi connectivity index (χ1v) is 10.1. The maximum Gasteiger partial charge on any atom is 0.271 e. The van der Waals surface area contributed by atoms with Crippen LogP contribution in [0.3, 0.4) is 0 Å². The van der Waals surface area contributed by atoms with E-state index in [1.807, 2.05) is 62.4 Å². The van der Waals surface area contributed by atoms with Crippen LogP contribution in [0.5, 0.6) is 5.75 Å². The number of benzene rings is 2. The molecule has 3 aromatic rings. The minimum Gasteiger partial charge on any atom is -0.494 e. The van der Waals surface area contributed by atoms with Crippen molar-refractivity contribution in [1.82, 2.24) is 10.4 Å². The molecular formula is C23H23N5O2S. The van der Waals surface area contributed by atoms with Gasteiger partial charge < -0.3 is 15.4 Å². The average molecular weight is 434 g/mol. The number of ether oxygens (including phenoxy) is 1. The fourth-order valence-corrected chi connectivity index (χ4v) is 2.89. The van der Waals surface area contributed by atoms with E-state index in [4.69, 9.17) is 17.0 Å². The second-order valence-electron chi connectivity index (χ2n) is 6.49. The van der Waals surface area contributed by atoms with Gasteiger partial charge in [0, 0.05) is 29.3 Å². The molecule has 7 nitrogen and oxygen atoms in total. The molecule has 2 aromatic carbocycles. The van der Waals surface area contributed by atoms with E-state index in [2.05, 4.69) is 26.1 Å². The molecule has 158 valence electrons. The lowest BCUT2D eigenvalue weighted by Gasteiger charge is -2.12. The van der Waals surface area contributed by atoms with Crippen LogP contribution in [0.25, 0.3) is 0 Å². The van der Waals surface area contributed by atoms with E-state index in [1.165, 1.54) is 0 Å². The number of thiocarbonyl (C=S) groups is 1. The average Bonchev–Trinajstić information content (AvgIpc) is 2.80. The number of carbonyl (C=O) groups is 1. The van der Waals surface area contributed by atoms with Gasteiger partial charge in [-0.05, 0) is 80.2 Å². The molecule has 1 heterocycles. The summed E-state index contributed by atoms with van der Waals surface area (Å²) in [5.74, 6) is 0.530. The summed E-state index contributed by atoms with van der Waals surface area (Å²) in [6.45, 7) is 4.40. The van der Waals surface area contributed by atoms with Crippen LogP contribution in [0.1, 0.15) is 29.8 Å². The largest absolute Gasteiger partial charge is 0.494 e. The first-order valence-electron chi connectivity index (χ1n) is 9.71. The summed E-state index contributed by atoms with van der Waals surface area (Å²) in [6.07, 6.45) is 3.12. The van der Waals surface area contributed by atoms with Crippen LogP contribution >= 0.6 is 12.2 Å². The number of nitrogens with zero attached hydrogens (tertiary/aromatic N) is 2. The Labute approximate surface area is 186 Å². The fourth-order valence-electron chi connectivity index (χ4n) is 2.66. The first-order chi connectivity index (χ1) is 15.0. The maximum absolute atomic E-state index is 12.1. The highest BCUT2D eigenvalue weighted by Crippen LogP contribution is 2.16. The molecule has 0 unspecified atom stereocenters. The van der Waals surface area contributed by atoms with Crippen molar-refractivity contribution in [3.05, 3.63) is 84.2 Å². The fraction of sp³-hybridized carbons (Fsp3) is 0.130. The van der Waals surface area contributed by atoms with Gasteiger partial charge in [-0.25, -0.2) is 5.43 Å². The van der Waals surface area contributed by atoms with Crippen LogP contribution in [0.15, 0.2) is 78.2 Å². The lowest BCUT2D eigenvalue weighted by Crippen LogP contribution is -2.19. The highest BCUT2D eigenvalue weighted by molar-refractivity contribution is 7.80. The third-order valence-corrected chi connectivity index (χ3v) is 4.46. The minimum atomic E-state index is -0.286. The zero-order valence-corrected chi connectivity index (χ0v) is 18.1. The number of nitrogens with one attached hydrogen (secondary N) is 3. The quantitative estimate of drug-likeness (QED) is 0.290. The van der Waals surface area contributed by atoms with Crippen molar-refractivity contribution in [3.63, 3.8) is 0 Å². The smallest absolute Gasteiger partial charge is 0.271 e. The normalized spacial score (nSPS) is 10.8. The van der Waals surface area contributed by atoms with E-state index in [-0.39, 0.29) is 5.91 Å². The van der Waals surface area contributed by atoms with E-state index in [9.17, 15) is 4.79 Å². The predicted octanol–water partition coefficient (Wildman–Crippen LogP) is 4.44. The molecule has 0 spiro atoms. The third kappa shape index (κ3) is 6.61. The van der Waals surface area contributed by atoms with Gasteiger partial charge in [0.15, 0.2) is 5.11 Å². The van der Waals surface area contributed by atoms with Gasteiger partial charge in [-0.3, -0.25) is 9.78 Å². The van der Waals surface area contributed by atoms with Gasteiger partial charge >= 0.3 is 0 Å². The topological polar surface area (TPSA) is 87.6 Å². The van der Waals surface area contributed by atoms with Gasteiger partial charge in [-0.1, -0.05) is 12.1 Å². The standard InChI is InChI=1S/C23H23N5O2S/c1-3-30-21-10-8-20(9-11-21)26-23(31)25-19-6-4-17(5-7-19)16(2)27-28-22(29)18-12-14-24-15-13-18/h4-15H,3H2,1-2H3,(H,28,29)(H2,25,26,31)/b27-16+.